The molecule has 0 atom stereocenters. The molecule has 0 aliphatic carbocycles. The zero-order valence-corrected chi connectivity index (χ0v) is 10.2. The minimum atomic E-state index is -4.47. The maximum atomic E-state index is 11.2. The van der Waals surface area contributed by atoms with Crippen molar-refractivity contribution < 1.29 is 13.0 Å². The summed E-state index contributed by atoms with van der Waals surface area (Å²) in [6.07, 6.45) is 1.30. The van der Waals surface area contributed by atoms with E-state index in [1.54, 1.807) is 0 Å². The van der Waals surface area contributed by atoms with Gasteiger partial charge in [0, 0.05) is 11.8 Å². The minimum Gasteiger partial charge on any atom is -0.399 e. The van der Waals surface area contributed by atoms with Crippen molar-refractivity contribution in [3.8, 4) is 0 Å². The molecule has 1 aromatic carbocycles. The van der Waals surface area contributed by atoms with Crippen LogP contribution in [0.25, 0.3) is 0 Å². The predicted molar refractivity (Wildman–Crippen MR) is 65.6 cm³/mol. The number of hydrogen-bond donors (Lipinski definition) is 3. The SMILES string of the molecule is Nc1ccc(/N=N/n2ccc(=O)[nH]2)c(S(=O)(=O)O)c1. The molecule has 10 heteroatoms. The number of H-pyrrole nitrogens is 1. The number of nitrogens with two attached hydrogens (primary N) is 1. The average Bonchev–Trinajstić information content (AvgIpc) is 2.72. The molecule has 4 N–H and O–H groups in total. The van der Waals surface area contributed by atoms with Crippen LogP contribution in [-0.4, -0.2) is 22.9 Å². The Balaban J connectivity index is 2.46. The molecule has 0 fully saturated rings. The van der Waals surface area contributed by atoms with Crippen LogP contribution in [0.5, 0.6) is 0 Å². The summed E-state index contributed by atoms with van der Waals surface area (Å²) in [7, 11) is -4.47. The molecule has 9 nitrogen and oxygen atoms in total. The summed E-state index contributed by atoms with van der Waals surface area (Å²) in [6, 6.07) is 4.96. The highest BCUT2D eigenvalue weighted by atomic mass is 32.2. The van der Waals surface area contributed by atoms with Gasteiger partial charge in [0.1, 0.15) is 10.6 Å². The molecule has 100 valence electrons. The second-order valence-corrected chi connectivity index (χ2v) is 4.92. The van der Waals surface area contributed by atoms with Crippen LogP contribution in [0.1, 0.15) is 0 Å². The van der Waals surface area contributed by atoms with Crippen molar-refractivity contribution in [1.29, 1.82) is 0 Å². The van der Waals surface area contributed by atoms with Crippen molar-refractivity contribution in [2.24, 2.45) is 10.3 Å². The molecule has 2 rings (SSSR count). The summed E-state index contributed by atoms with van der Waals surface area (Å²) >= 11 is 0. The van der Waals surface area contributed by atoms with Crippen molar-refractivity contribution in [2.45, 2.75) is 4.90 Å². The zero-order valence-electron chi connectivity index (χ0n) is 9.39. The Labute approximate surface area is 107 Å². The molecule has 1 heterocycles. The summed E-state index contributed by atoms with van der Waals surface area (Å²) in [5.74, 6) is 0. The van der Waals surface area contributed by atoms with E-state index in [0.29, 0.717) is 0 Å². The van der Waals surface area contributed by atoms with Gasteiger partial charge in [0.05, 0.1) is 6.20 Å². The molecule has 0 spiro atoms. The fourth-order valence-electron chi connectivity index (χ4n) is 1.29. The van der Waals surface area contributed by atoms with Crippen LogP contribution in [0, 0.1) is 0 Å². The fourth-order valence-corrected chi connectivity index (χ4v) is 1.95. The van der Waals surface area contributed by atoms with Crippen LogP contribution in [-0.2, 0) is 10.1 Å². The van der Waals surface area contributed by atoms with Crippen LogP contribution in [0.4, 0.5) is 11.4 Å². The Bertz CT molecular complexity index is 789. The maximum absolute atomic E-state index is 11.2. The van der Waals surface area contributed by atoms with E-state index in [1.165, 1.54) is 24.4 Å². The first-order chi connectivity index (χ1) is 8.86. The van der Waals surface area contributed by atoms with E-state index >= 15 is 0 Å². The number of nitrogens with zero attached hydrogens (tertiary/aromatic N) is 3. The molecule has 0 aliphatic rings. The molecular weight excluding hydrogens is 274 g/mol. The third-order valence-electron chi connectivity index (χ3n) is 2.10. The molecule has 0 radical (unpaired) electrons. The highest BCUT2D eigenvalue weighted by molar-refractivity contribution is 7.86. The summed E-state index contributed by atoms with van der Waals surface area (Å²) in [5, 5.41) is 9.47. The molecule has 19 heavy (non-hydrogen) atoms. The Hall–Kier alpha value is -2.46. The lowest BCUT2D eigenvalue weighted by molar-refractivity contribution is 0.483. The summed E-state index contributed by atoms with van der Waals surface area (Å²) < 4.78 is 31.4. The van der Waals surface area contributed by atoms with Gasteiger partial charge in [-0.15, -0.1) is 5.11 Å². The third-order valence-corrected chi connectivity index (χ3v) is 2.99. The number of nitrogens with one attached hydrogen (secondary N) is 1. The molecule has 0 aliphatic heterocycles. The van der Waals surface area contributed by atoms with Gasteiger partial charge in [-0.3, -0.25) is 9.35 Å². The van der Waals surface area contributed by atoms with Gasteiger partial charge in [-0.25, -0.2) is 5.10 Å². The van der Waals surface area contributed by atoms with Crippen molar-refractivity contribution in [3.05, 3.63) is 40.8 Å². The first-order valence-electron chi connectivity index (χ1n) is 4.93. The largest absolute Gasteiger partial charge is 0.399 e. The second-order valence-electron chi connectivity index (χ2n) is 3.53. The Kier molecular flexibility index (Phi) is 3.19. The summed E-state index contributed by atoms with van der Waals surface area (Å²) in [4.78, 5) is 11.4. The Morgan fingerprint density at radius 3 is 2.63 bits per heavy atom. The summed E-state index contributed by atoms with van der Waals surface area (Å²) in [5.41, 5.74) is 5.10. The topological polar surface area (TPSA) is 143 Å². The number of anilines is 1. The number of rotatable bonds is 3. The Morgan fingerprint density at radius 2 is 2.05 bits per heavy atom. The minimum absolute atomic E-state index is 0.105. The molecule has 0 saturated heterocycles. The summed E-state index contributed by atoms with van der Waals surface area (Å²) in [6.45, 7) is 0. The normalized spacial score (nSPS) is 12.1. The number of nitrogen functional groups attached to an aromatic ring is 1. The second kappa shape index (κ2) is 4.66. The maximum Gasteiger partial charge on any atom is 0.296 e. The smallest absolute Gasteiger partial charge is 0.296 e. The van der Waals surface area contributed by atoms with Crippen molar-refractivity contribution in [3.63, 3.8) is 0 Å². The number of benzene rings is 1. The first-order valence-corrected chi connectivity index (χ1v) is 6.37. The molecule has 0 unspecified atom stereocenters. The lowest BCUT2D eigenvalue weighted by atomic mass is 10.3. The zero-order chi connectivity index (χ0) is 14.0. The van der Waals surface area contributed by atoms with Crippen molar-refractivity contribution in [2.75, 3.05) is 5.73 Å². The third kappa shape index (κ3) is 3.05. The van der Waals surface area contributed by atoms with Crippen LogP contribution < -0.4 is 11.3 Å². The number of hydrogen-bond acceptors (Lipinski definition) is 6. The molecule has 0 amide bonds. The van der Waals surface area contributed by atoms with E-state index in [2.05, 4.69) is 15.4 Å². The quantitative estimate of drug-likeness (QED) is 0.428. The van der Waals surface area contributed by atoms with Crippen molar-refractivity contribution >= 4 is 21.5 Å². The molecule has 0 saturated carbocycles. The van der Waals surface area contributed by atoms with Gasteiger partial charge in [0.25, 0.3) is 15.7 Å². The average molecular weight is 283 g/mol. The molecule has 0 bridgehead atoms. The van der Waals surface area contributed by atoms with Crippen molar-refractivity contribution in [1.82, 2.24) is 9.89 Å². The Morgan fingerprint density at radius 1 is 1.32 bits per heavy atom. The van der Waals surface area contributed by atoms with Gasteiger partial charge < -0.3 is 5.73 Å². The van der Waals surface area contributed by atoms with Crippen LogP contribution in [0.15, 0.2) is 50.5 Å². The first kappa shape index (κ1) is 13.0. The highest BCUT2D eigenvalue weighted by Crippen LogP contribution is 2.26. The molecular formula is C9H9N5O4S. The van der Waals surface area contributed by atoms with Gasteiger partial charge in [0.15, 0.2) is 0 Å². The van der Waals surface area contributed by atoms with E-state index in [-0.39, 0.29) is 16.9 Å². The van der Waals surface area contributed by atoms with Gasteiger partial charge in [-0.1, -0.05) is 0 Å². The van der Waals surface area contributed by atoms with E-state index in [4.69, 9.17) is 10.3 Å². The van der Waals surface area contributed by atoms with E-state index in [1.807, 2.05) is 0 Å². The molecule has 1 aromatic heterocycles. The number of aromatic nitrogens is 2. The molecule has 2 aromatic rings. The monoisotopic (exact) mass is 283 g/mol. The van der Waals surface area contributed by atoms with Crippen LogP contribution in [0.2, 0.25) is 0 Å². The van der Waals surface area contributed by atoms with Gasteiger partial charge in [-0.2, -0.15) is 13.2 Å². The van der Waals surface area contributed by atoms with Crippen LogP contribution in [0.3, 0.4) is 0 Å². The van der Waals surface area contributed by atoms with E-state index in [9.17, 15) is 13.2 Å². The lowest BCUT2D eigenvalue weighted by Crippen LogP contribution is -2.01. The van der Waals surface area contributed by atoms with Gasteiger partial charge >= 0.3 is 0 Å². The van der Waals surface area contributed by atoms with Gasteiger partial charge in [-0.05, 0) is 23.4 Å². The van der Waals surface area contributed by atoms with Gasteiger partial charge in [0.2, 0.25) is 0 Å². The van der Waals surface area contributed by atoms with E-state index < -0.39 is 15.0 Å². The number of aromatic amines is 1. The predicted octanol–water partition coefficient (Wildman–Crippen LogP) is 0.552. The highest BCUT2D eigenvalue weighted by Gasteiger charge is 2.15. The standard InChI is InChI=1S/C9H9N5O4S/c10-6-1-2-7(8(5-6)19(16,17)18)11-13-14-4-3-9(15)12-14/h1-5H,10H2,(H,12,15)(H,16,17,18)/b13-11+. The van der Waals surface area contributed by atoms with Crippen LogP contribution >= 0.6 is 0 Å². The van der Waals surface area contributed by atoms with E-state index in [0.717, 1.165) is 10.9 Å². The fraction of sp³-hybridized carbons (Fsp3) is 0. The lowest BCUT2D eigenvalue weighted by Gasteiger charge is -2.02.